The van der Waals surface area contributed by atoms with Gasteiger partial charge in [0.2, 0.25) is 0 Å². The molecule has 4 heterocycles. The number of hydrogen-bond donors (Lipinski definition) is 0. The molecule has 41 heavy (non-hydrogen) atoms. The summed E-state index contributed by atoms with van der Waals surface area (Å²) in [5, 5.41) is 13.4. The van der Waals surface area contributed by atoms with Crippen LogP contribution in [0.5, 0.6) is 0 Å². The highest BCUT2D eigenvalue weighted by Crippen LogP contribution is 2.46. The van der Waals surface area contributed by atoms with Crippen molar-refractivity contribution in [2.75, 3.05) is 0 Å². The van der Waals surface area contributed by atoms with E-state index >= 15 is 0 Å². The SMILES string of the molecule is O=[N+]([O-])c1cncc(-c2ccc3c4cnccc4n(C(c4ccccc4)(c4ccccc4)c4ccccc4)c3n2)c1. The van der Waals surface area contributed by atoms with Gasteiger partial charge >= 0.3 is 0 Å². The summed E-state index contributed by atoms with van der Waals surface area (Å²) in [6.07, 6.45) is 6.52. The minimum absolute atomic E-state index is 0.0821. The zero-order valence-corrected chi connectivity index (χ0v) is 21.8. The van der Waals surface area contributed by atoms with Gasteiger partial charge in [0.15, 0.2) is 0 Å². The average molecular weight is 534 g/mol. The standard InChI is InChI=1S/C34H23N5O2/c40-39(41)28-20-24(21-36-22-28)31-17-16-29-30-23-35-19-18-32(30)38(33(29)37-31)34(25-10-4-1-5-11-25,26-12-6-2-7-13-26)27-14-8-3-9-15-27/h1-23H. The van der Waals surface area contributed by atoms with E-state index in [0.717, 1.165) is 38.6 Å². The molecule has 196 valence electrons. The Morgan fingerprint density at radius 3 is 1.85 bits per heavy atom. The summed E-state index contributed by atoms with van der Waals surface area (Å²) in [5.74, 6) is 0. The van der Waals surface area contributed by atoms with Crippen LogP contribution in [0.4, 0.5) is 5.69 Å². The Hall–Kier alpha value is -5.69. The number of rotatable bonds is 6. The van der Waals surface area contributed by atoms with Crippen molar-refractivity contribution < 1.29 is 4.92 Å². The zero-order chi connectivity index (χ0) is 27.8. The third-order valence-corrected chi connectivity index (χ3v) is 7.56. The third-order valence-electron chi connectivity index (χ3n) is 7.56. The molecular formula is C34H23N5O2. The monoisotopic (exact) mass is 533 g/mol. The molecule has 0 aliphatic carbocycles. The fraction of sp³-hybridized carbons (Fsp3) is 0.0294. The van der Waals surface area contributed by atoms with E-state index < -0.39 is 10.5 Å². The van der Waals surface area contributed by atoms with Crippen LogP contribution in [0.15, 0.2) is 140 Å². The molecule has 0 unspecified atom stereocenters. The van der Waals surface area contributed by atoms with Gasteiger partial charge in [-0.2, -0.15) is 0 Å². The van der Waals surface area contributed by atoms with E-state index in [9.17, 15) is 10.1 Å². The highest BCUT2D eigenvalue weighted by Gasteiger charge is 2.41. The fourth-order valence-corrected chi connectivity index (χ4v) is 5.83. The van der Waals surface area contributed by atoms with E-state index in [4.69, 9.17) is 4.98 Å². The smallest absolute Gasteiger partial charge is 0.288 e. The largest absolute Gasteiger partial charge is 0.307 e. The Bertz CT molecular complexity index is 1930. The van der Waals surface area contributed by atoms with Crippen LogP contribution in [0.1, 0.15) is 16.7 Å². The molecule has 0 atom stereocenters. The van der Waals surface area contributed by atoms with Crippen molar-refractivity contribution in [2.45, 2.75) is 5.54 Å². The highest BCUT2D eigenvalue weighted by atomic mass is 16.6. The Labute approximate surface area is 235 Å². The first-order valence-corrected chi connectivity index (χ1v) is 13.2. The Kier molecular flexibility index (Phi) is 5.83. The number of hydrogen-bond acceptors (Lipinski definition) is 5. The van der Waals surface area contributed by atoms with Crippen molar-refractivity contribution in [2.24, 2.45) is 0 Å². The lowest BCUT2D eigenvalue weighted by Crippen LogP contribution is -2.37. The first-order valence-electron chi connectivity index (χ1n) is 13.2. The van der Waals surface area contributed by atoms with Crippen molar-refractivity contribution >= 4 is 27.6 Å². The lowest BCUT2D eigenvalue weighted by atomic mass is 9.76. The molecule has 0 N–H and O–H groups in total. The molecule has 0 aliphatic rings. The Balaban J connectivity index is 1.66. The van der Waals surface area contributed by atoms with Gasteiger partial charge < -0.3 is 4.57 Å². The molecule has 0 spiro atoms. The lowest BCUT2D eigenvalue weighted by Gasteiger charge is -2.38. The van der Waals surface area contributed by atoms with Crippen LogP contribution in [0.3, 0.4) is 0 Å². The maximum absolute atomic E-state index is 11.5. The van der Waals surface area contributed by atoms with Crippen LogP contribution in [-0.2, 0) is 5.54 Å². The number of fused-ring (bicyclic) bond motifs is 3. The minimum atomic E-state index is -0.808. The van der Waals surface area contributed by atoms with Gasteiger partial charge in [-0.25, -0.2) is 4.98 Å². The van der Waals surface area contributed by atoms with Crippen molar-refractivity contribution in [3.05, 3.63) is 167 Å². The molecule has 3 aromatic carbocycles. The highest BCUT2D eigenvalue weighted by molar-refractivity contribution is 6.07. The Morgan fingerprint density at radius 2 is 1.27 bits per heavy atom. The summed E-state index contributed by atoms with van der Waals surface area (Å²) in [4.78, 5) is 24.8. The molecule has 7 aromatic rings. The van der Waals surface area contributed by atoms with E-state index in [2.05, 4.69) is 87.3 Å². The van der Waals surface area contributed by atoms with Gasteiger partial charge in [0.25, 0.3) is 5.69 Å². The molecule has 0 saturated heterocycles. The van der Waals surface area contributed by atoms with Crippen LogP contribution in [0, 0.1) is 10.1 Å². The number of benzene rings is 3. The molecule has 0 fully saturated rings. The van der Waals surface area contributed by atoms with Gasteiger partial charge in [-0.05, 0) is 34.9 Å². The number of aromatic nitrogens is 4. The summed E-state index contributed by atoms with van der Waals surface area (Å²) in [6, 6.07) is 38.7. The predicted octanol–water partition coefficient (Wildman–Crippen LogP) is 7.39. The molecule has 7 rings (SSSR count). The molecule has 7 heteroatoms. The van der Waals surface area contributed by atoms with E-state index in [0.29, 0.717) is 11.3 Å². The molecular weight excluding hydrogens is 510 g/mol. The van der Waals surface area contributed by atoms with Crippen molar-refractivity contribution in [1.82, 2.24) is 19.5 Å². The van der Waals surface area contributed by atoms with Crippen molar-refractivity contribution in [3.8, 4) is 11.3 Å². The van der Waals surface area contributed by atoms with Gasteiger partial charge in [-0.1, -0.05) is 91.0 Å². The van der Waals surface area contributed by atoms with Crippen molar-refractivity contribution in [3.63, 3.8) is 0 Å². The summed E-state index contributed by atoms with van der Waals surface area (Å²) < 4.78 is 2.29. The van der Waals surface area contributed by atoms with Crippen molar-refractivity contribution in [1.29, 1.82) is 0 Å². The normalized spacial score (nSPS) is 11.6. The first kappa shape index (κ1) is 24.4. The van der Waals surface area contributed by atoms with E-state index in [1.807, 2.05) is 42.6 Å². The van der Waals surface area contributed by atoms with Gasteiger partial charge in [-0.15, -0.1) is 0 Å². The Morgan fingerprint density at radius 1 is 0.659 bits per heavy atom. The van der Waals surface area contributed by atoms with Gasteiger partial charge in [0, 0.05) is 41.0 Å². The fourth-order valence-electron chi connectivity index (χ4n) is 5.83. The van der Waals surface area contributed by atoms with Crippen LogP contribution in [-0.4, -0.2) is 24.4 Å². The van der Waals surface area contributed by atoms with Gasteiger partial charge in [0.1, 0.15) is 17.4 Å². The third kappa shape index (κ3) is 3.86. The second-order valence-corrected chi connectivity index (χ2v) is 9.79. The number of nitrogens with zero attached hydrogens (tertiary/aromatic N) is 5. The van der Waals surface area contributed by atoms with E-state index in [-0.39, 0.29) is 5.69 Å². The molecule has 7 nitrogen and oxygen atoms in total. The van der Waals surface area contributed by atoms with Gasteiger partial charge in [-0.3, -0.25) is 20.1 Å². The number of pyridine rings is 3. The average Bonchev–Trinajstić information content (AvgIpc) is 3.37. The second-order valence-electron chi connectivity index (χ2n) is 9.79. The quantitative estimate of drug-likeness (QED) is 0.126. The topological polar surface area (TPSA) is 86.7 Å². The van der Waals surface area contributed by atoms with E-state index in [1.165, 1.54) is 12.3 Å². The zero-order valence-electron chi connectivity index (χ0n) is 21.8. The summed E-state index contributed by atoms with van der Waals surface area (Å²) in [7, 11) is 0. The molecule has 0 radical (unpaired) electrons. The maximum Gasteiger partial charge on any atom is 0.288 e. The van der Waals surface area contributed by atoms with Crippen LogP contribution in [0.25, 0.3) is 33.2 Å². The van der Waals surface area contributed by atoms with Gasteiger partial charge in [0.05, 0.1) is 16.1 Å². The molecule has 0 bridgehead atoms. The second kappa shape index (κ2) is 9.81. The minimum Gasteiger partial charge on any atom is -0.307 e. The maximum atomic E-state index is 11.5. The predicted molar refractivity (Wildman–Crippen MR) is 160 cm³/mol. The van der Waals surface area contributed by atoms with Crippen LogP contribution < -0.4 is 0 Å². The molecule has 4 aromatic heterocycles. The molecule has 0 saturated carbocycles. The van der Waals surface area contributed by atoms with E-state index in [1.54, 1.807) is 12.4 Å². The molecule has 0 amide bonds. The number of nitro groups is 1. The summed E-state index contributed by atoms with van der Waals surface area (Å²) in [5.41, 5.74) is 5.17. The van der Waals surface area contributed by atoms with Crippen LogP contribution in [0.2, 0.25) is 0 Å². The first-order chi connectivity index (χ1) is 20.2. The lowest BCUT2D eigenvalue weighted by molar-refractivity contribution is -0.385. The van der Waals surface area contributed by atoms with Crippen LogP contribution >= 0.6 is 0 Å². The molecule has 0 aliphatic heterocycles. The summed E-state index contributed by atoms with van der Waals surface area (Å²) >= 11 is 0. The summed E-state index contributed by atoms with van der Waals surface area (Å²) in [6.45, 7) is 0.